The zero-order chi connectivity index (χ0) is 21.8. The van der Waals surface area contributed by atoms with Crippen LogP contribution >= 0.6 is 0 Å². The molecule has 2 aromatic carbocycles. The van der Waals surface area contributed by atoms with Crippen molar-refractivity contribution < 1.29 is 19.0 Å². The summed E-state index contributed by atoms with van der Waals surface area (Å²) in [5.74, 6) is 0.639. The van der Waals surface area contributed by atoms with Crippen LogP contribution in [0.25, 0.3) is 0 Å². The Kier molecular flexibility index (Phi) is 6.51. The lowest BCUT2D eigenvalue weighted by atomic mass is 9.86. The third-order valence-electron chi connectivity index (χ3n) is 6.42. The van der Waals surface area contributed by atoms with E-state index in [1.165, 1.54) is 12.0 Å². The first-order valence-corrected chi connectivity index (χ1v) is 11.3. The first kappa shape index (κ1) is 21.7. The molecule has 166 valence electrons. The maximum absolute atomic E-state index is 12.9. The van der Waals surface area contributed by atoms with Crippen LogP contribution in [0.4, 0.5) is 5.69 Å². The van der Waals surface area contributed by atoms with Gasteiger partial charge < -0.3 is 19.5 Å². The molecule has 0 amide bonds. The van der Waals surface area contributed by atoms with Crippen LogP contribution in [0.1, 0.15) is 63.2 Å². The average molecular weight is 424 g/mol. The van der Waals surface area contributed by atoms with Gasteiger partial charge in [0.15, 0.2) is 6.10 Å². The van der Waals surface area contributed by atoms with Gasteiger partial charge >= 0.3 is 5.97 Å². The monoisotopic (exact) mass is 423 g/mol. The molecule has 1 aliphatic heterocycles. The molecule has 1 saturated carbocycles. The van der Waals surface area contributed by atoms with Crippen LogP contribution < -0.4 is 10.1 Å². The minimum absolute atomic E-state index is 0.0117. The molecule has 1 fully saturated rings. The fourth-order valence-corrected chi connectivity index (χ4v) is 4.66. The maximum atomic E-state index is 12.9. The summed E-state index contributed by atoms with van der Waals surface area (Å²) >= 11 is 0. The number of carbonyl (C=O) groups excluding carboxylic acids is 1. The van der Waals surface area contributed by atoms with Crippen LogP contribution in [-0.4, -0.2) is 24.8 Å². The van der Waals surface area contributed by atoms with Crippen LogP contribution in [-0.2, 0) is 20.8 Å². The molecule has 0 bridgehead atoms. The van der Waals surface area contributed by atoms with Crippen molar-refractivity contribution in [2.45, 2.75) is 70.3 Å². The van der Waals surface area contributed by atoms with Gasteiger partial charge in [-0.05, 0) is 50.5 Å². The fourth-order valence-electron chi connectivity index (χ4n) is 4.66. The molecule has 2 unspecified atom stereocenters. The van der Waals surface area contributed by atoms with Crippen LogP contribution in [0.5, 0.6) is 5.75 Å². The van der Waals surface area contributed by atoms with Gasteiger partial charge in [-0.25, -0.2) is 0 Å². The van der Waals surface area contributed by atoms with E-state index in [0.717, 1.165) is 49.2 Å². The number of hydrogen-bond acceptors (Lipinski definition) is 5. The van der Waals surface area contributed by atoms with Crippen molar-refractivity contribution in [3.63, 3.8) is 0 Å². The van der Waals surface area contributed by atoms with Gasteiger partial charge in [0, 0.05) is 24.9 Å². The lowest BCUT2D eigenvalue weighted by Crippen LogP contribution is -2.52. The molecule has 31 heavy (non-hydrogen) atoms. The molecular formula is C26H33NO4. The van der Waals surface area contributed by atoms with Crippen molar-refractivity contribution >= 4 is 11.7 Å². The first-order valence-electron chi connectivity index (χ1n) is 11.3. The number of carbonyl (C=O) groups is 1. The molecule has 2 aliphatic rings. The number of benzene rings is 2. The summed E-state index contributed by atoms with van der Waals surface area (Å²) in [7, 11) is 1.67. The lowest BCUT2D eigenvalue weighted by Gasteiger charge is -2.44. The van der Waals surface area contributed by atoms with Crippen molar-refractivity contribution in [1.82, 2.24) is 0 Å². The summed E-state index contributed by atoms with van der Waals surface area (Å²) in [6.45, 7) is 4.65. The highest BCUT2D eigenvalue weighted by molar-refractivity contribution is 5.73. The number of fused-ring (bicyclic) bond motifs is 1. The summed E-state index contributed by atoms with van der Waals surface area (Å²) in [5.41, 5.74) is 2.41. The molecule has 0 aromatic heterocycles. The summed E-state index contributed by atoms with van der Waals surface area (Å²) in [5, 5.41) is 3.46. The Morgan fingerprint density at radius 1 is 1.10 bits per heavy atom. The third kappa shape index (κ3) is 4.87. The van der Waals surface area contributed by atoms with Crippen molar-refractivity contribution in [1.29, 1.82) is 0 Å². The van der Waals surface area contributed by atoms with E-state index in [1.54, 1.807) is 7.11 Å². The maximum Gasteiger partial charge on any atom is 0.309 e. The number of rotatable bonds is 6. The normalized spacial score (nSPS) is 22.8. The summed E-state index contributed by atoms with van der Waals surface area (Å²) < 4.78 is 18.2. The molecule has 1 heterocycles. The number of anilines is 1. The first-order chi connectivity index (χ1) is 15.0. The minimum atomic E-state index is -0.684. The Morgan fingerprint density at radius 2 is 1.84 bits per heavy atom. The highest BCUT2D eigenvalue weighted by atomic mass is 16.6. The number of nitrogens with one attached hydrogen (secondary N) is 1. The van der Waals surface area contributed by atoms with E-state index in [2.05, 4.69) is 17.4 Å². The molecule has 4 rings (SSSR count). The Labute approximate surface area is 185 Å². The number of hydrogen-bond donors (Lipinski definition) is 1. The smallest absolute Gasteiger partial charge is 0.309 e. The Balaban J connectivity index is 1.53. The molecule has 0 radical (unpaired) electrons. The van der Waals surface area contributed by atoms with Crippen LogP contribution in [0, 0.1) is 5.92 Å². The van der Waals surface area contributed by atoms with Crippen molar-refractivity contribution in [2.75, 3.05) is 12.4 Å². The Hall–Kier alpha value is -2.53. The van der Waals surface area contributed by atoms with E-state index >= 15 is 0 Å². The van der Waals surface area contributed by atoms with Crippen molar-refractivity contribution in [3.05, 3.63) is 59.7 Å². The summed E-state index contributed by atoms with van der Waals surface area (Å²) in [6, 6.07) is 16.3. The average Bonchev–Trinajstić information content (AvgIpc) is 2.79. The van der Waals surface area contributed by atoms with Gasteiger partial charge in [-0.15, -0.1) is 0 Å². The highest BCUT2D eigenvalue weighted by Crippen LogP contribution is 2.44. The van der Waals surface area contributed by atoms with Crippen LogP contribution in [0.2, 0.25) is 0 Å². The highest BCUT2D eigenvalue weighted by Gasteiger charge is 2.47. The quantitative estimate of drug-likeness (QED) is 0.609. The molecule has 0 saturated heterocycles. The Bertz CT molecular complexity index is 890. The van der Waals surface area contributed by atoms with E-state index in [9.17, 15) is 4.79 Å². The summed E-state index contributed by atoms with van der Waals surface area (Å²) in [4.78, 5) is 12.9. The predicted molar refractivity (Wildman–Crippen MR) is 121 cm³/mol. The molecule has 1 aliphatic carbocycles. The van der Waals surface area contributed by atoms with Gasteiger partial charge in [0.25, 0.3) is 0 Å². The topological polar surface area (TPSA) is 56.8 Å². The van der Waals surface area contributed by atoms with E-state index in [4.69, 9.17) is 14.2 Å². The van der Waals surface area contributed by atoms with E-state index in [1.807, 2.05) is 50.2 Å². The zero-order valence-electron chi connectivity index (χ0n) is 18.7. The fraction of sp³-hybridized carbons (Fsp3) is 0.500. The van der Waals surface area contributed by atoms with E-state index < -0.39 is 11.7 Å². The third-order valence-corrected chi connectivity index (χ3v) is 6.42. The minimum Gasteiger partial charge on any atom is -0.483 e. The van der Waals surface area contributed by atoms with Gasteiger partial charge in [-0.2, -0.15) is 0 Å². The van der Waals surface area contributed by atoms with Gasteiger partial charge in [0.2, 0.25) is 0 Å². The molecular weight excluding hydrogens is 390 g/mol. The molecule has 0 spiro atoms. The molecule has 2 atom stereocenters. The molecule has 5 heteroatoms. The van der Waals surface area contributed by atoms with Gasteiger partial charge in [-0.1, -0.05) is 49.6 Å². The van der Waals surface area contributed by atoms with Gasteiger partial charge in [-0.3, -0.25) is 4.79 Å². The standard InChI is InChI=1S/C26H33NO4/c1-26(2)24(30-25(28)19-12-8-5-9-13-19)23(29-3)21-16-20(14-15-22(21)31-26)27-17-18-10-6-4-7-11-18/h4,6-7,10-11,14-16,19,23-24,27H,5,8-9,12-13,17H2,1-3H3. The second-order valence-corrected chi connectivity index (χ2v) is 9.15. The number of ether oxygens (including phenoxy) is 3. The largest absolute Gasteiger partial charge is 0.483 e. The van der Waals surface area contributed by atoms with E-state index in [-0.39, 0.29) is 18.0 Å². The van der Waals surface area contributed by atoms with E-state index in [0.29, 0.717) is 0 Å². The second kappa shape index (κ2) is 9.31. The zero-order valence-corrected chi connectivity index (χ0v) is 18.7. The predicted octanol–water partition coefficient (Wildman–Crippen LogP) is 5.65. The van der Waals surface area contributed by atoms with Crippen molar-refractivity contribution in [3.8, 4) is 5.75 Å². The van der Waals surface area contributed by atoms with Crippen LogP contribution in [0.3, 0.4) is 0 Å². The van der Waals surface area contributed by atoms with Gasteiger partial charge in [0.1, 0.15) is 17.5 Å². The lowest BCUT2D eigenvalue weighted by molar-refractivity contribution is -0.186. The van der Waals surface area contributed by atoms with Gasteiger partial charge in [0.05, 0.1) is 5.92 Å². The molecule has 2 aromatic rings. The summed E-state index contributed by atoms with van der Waals surface area (Å²) in [6.07, 6.45) is 4.32. The molecule has 1 N–H and O–H groups in total. The second-order valence-electron chi connectivity index (χ2n) is 9.15. The van der Waals surface area contributed by atoms with Crippen molar-refractivity contribution in [2.24, 2.45) is 5.92 Å². The SMILES string of the molecule is COC1c2cc(NCc3ccccc3)ccc2OC(C)(C)C1OC(=O)C1CCCCC1. The Morgan fingerprint density at radius 3 is 2.55 bits per heavy atom. The van der Waals surface area contributed by atoms with Crippen LogP contribution in [0.15, 0.2) is 48.5 Å². The molecule has 5 nitrogen and oxygen atoms in total. The number of methoxy groups -OCH3 is 1. The number of esters is 1.